The summed E-state index contributed by atoms with van der Waals surface area (Å²) < 4.78 is 12.4. The number of carbonyl (C=O) groups excluding carboxylic acids is 2. The second-order valence-corrected chi connectivity index (χ2v) is 8.00. The highest BCUT2D eigenvalue weighted by molar-refractivity contribution is 5.95. The third-order valence-electron chi connectivity index (χ3n) is 5.39. The Morgan fingerprint density at radius 2 is 2.07 bits per heavy atom. The zero-order valence-electron chi connectivity index (χ0n) is 17.3. The SMILES string of the molecule is CC(C)NC(=O)c1cn(CCC2CCCCN2C(=O)c2ccc3c(c2)OCO3)nn1. The molecule has 9 nitrogen and oxygen atoms in total. The Kier molecular flexibility index (Phi) is 5.87. The number of hydrogen-bond donors (Lipinski definition) is 1. The van der Waals surface area contributed by atoms with Crippen LogP contribution in [0.25, 0.3) is 0 Å². The smallest absolute Gasteiger partial charge is 0.273 e. The molecule has 2 aromatic rings. The molecule has 1 saturated heterocycles. The number of hydrogen-bond acceptors (Lipinski definition) is 6. The molecule has 4 rings (SSSR count). The minimum atomic E-state index is -0.228. The maximum Gasteiger partial charge on any atom is 0.273 e. The molecule has 1 aromatic heterocycles. The van der Waals surface area contributed by atoms with E-state index in [1.54, 1.807) is 29.1 Å². The molecule has 160 valence electrons. The van der Waals surface area contributed by atoms with Crippen LogP contribution in [0.5, 0.6) is 11.5 Å². The summed E-state index contributed by atoms with van der Waals surface area (Å²) >= 11 is 0. The fourth-order valence-corrected chi connectivity index (χ4v) is 3.89. The zero-order valence-corrected chi connectivity index (χ0v) is 17.3. The lowest BCUT2D eigenvalue weighted by Crippen LogP contribution is -2.44. The van der Waals surface area contributed by atoms with Crippen LogP contribution < -0.4 is 14.8 Å². The molecule has 2 aliphatic rings. The molecule has 1 unspecified atom stereocenters. The van der Waals surface area contributed by atoms with Gasteiger partial charge in [0, 0.05) is 30.7 Å². The van der Waals surface area contributed by atoms with Gasteiger partial charge in [-0.3, -0.25) is 14.3 Å². The summed E-state index contributed by atoms with van der Waals surface area (Å²) in [5.41, 5.74) is 0.917. The van der Waals surface area contributed by atoms with E-state index < -0.39 is 0 Å². The number of rotatable bonds is 6. The first-order chi connectivity index (χ1) is 14.5. The average Bonchev–Trinajstić information content (AvgIpc) is 3.40. The molecule has 0 bridgehead atoms. The van der Waals surface area contributed by atoms with Crippen molar-refractivity contribution < 1.29 is 19.1 Å². The topological polar surface area (TPSA) is 98.6 Å². The lowest BCUT2D eigenvalue weighted by atomic mass is 9.98. The summed E-state index contributed by atoms with van der Waals surface area (Å²) in [6, 6.07) is 5.49. The quantitative estimate of drug-likeness (QED) is 0.780. The Balaban J connectivity index is 1.40. The lowest BCUT2D eigenvalue weighted by molar-refractivity contribution is 0.0593. The van der Waals surface area contributed by atoms with Crippen molar-refractivity contribution >= 4 is 11.8 Å². The minimum Gasteiger partial charge on any atom is -0.454 e. The van der Waals surface area contributed by atoms with Crippen LogP contribution in [0, 0.1) is 0 Å². The second-order valence-electron chi connectivity index (χ2n) is 8.00. The molecular weight excluding hydrogens is 386 g/mol. The van der Waals surface area contributed by atoms with Gasteiger partial charge in [0.15, 0.2) is 17.2 Å². The van der Waals surface area contributed by atoms with Crippen LogP contribution in [0.3, 0.4) is 0 Å². The number of carbonyl (C=O) groups is 2. The van der Waals surface area contributed by atoms with E-state index in [0.29, 0.717) is 29.3 Å². The highest BCUT2D eigenvalue weighted by Crippen LogP contribution is 2.33. The molecule has 1 aromatic carbocycles. The van der Waals surface area contributed by atoms with Crippen molar-refractivity contribution in [1.82, 2.24) is 25.2 Å². The summed E-state index contributed by atoms with van der Waals surface area (Å²) in [6.45, 7) is 5.32. The zero-order chi connectivity index (χ0) is 21.1. The number of aromatic nitrogens is 3. The number of amides is 2. The van der Waals surface area contributed by atoms with Crippen LogP contribution in [0.2, 0.25) is 0 Å². The number of nitrogens with one attached hydrogen (secondary N) is 1. The number of piperidine rings is 1. The van der Waals surface area contributed by atoms with Crippen LogP contribution in [0.15, 0.2) is 24.4 Å². The predicted molar refractivity (Wildman–Crippen MR) is 108 cm³/mol. The van der Waals surface area contributed by atoms with E-state index in [1.807, 2.05) is 18.7 Å². The fraction of sp³-hybridized carbons (Fsp3) is 0.524. The lowest BCUT2D eigenvalue weighted by Gasteiger charge is -2.36. The summed E-state index contributed by atoms with van der Waals surface area (Å²) in [6.07, 6.45) is 5.45. The number of aryl methyl sites for hydroxylation is 1. The van der Waals surface area contributed by atoms with E-state index in [1.165, 1.54) is 0 Å². The number of benzene rings is 1. The Morgan fingerprint density at radius 1 is 1.23 bits per heavy atom. The molecule has 0 radical (unpaired) electrons. The van der Waals surface area contributed by atoms with Gasteiger partial charge in [0.1, 0.15) is 0 Å². The normalized spacial score (nSPS) is 18.0. The van der Waals surface area contributed by atoms with Gasteiger partial charge in [-0.15, -0.1) is 5.10 Å². The second kappa shape index (κ2) is 8.73. The monoisotopic (exact) mass is 413 g/mol. The molecule has 30 heavy (non-hydrogen) atoms. The van der Waals surface area contributed by atoms with Crippen molar-refractivity contribution in [3.05, 3.63) is 35.7 Å². The van der Waals surface area contributed by atoms with Crippen LogP contribution >= 0.6 is 0 Å². The predicted octanol–water partition coefficient (Wildman–Crippen LogP) is 2.23. The summed E-state index contributed by atoms with van der Waals surface area (Å²) in [5, 5.41) is 10.8. The molecule has 3 heterocycles. The van der Waals surface area contributed by atoms with Gasteiger partial charge in [0.2, 0.25) is 6.79 Å². The van der Waals surface area contributed by atoms with Gasteiger partial charge in [-0.05, 0) is 57.7 Å². The molecule has 2 amide bonds. The van der Waals surface area contributed by atoms with E-state index in [9.17, 15) is 9.59 Å². The third kappa shape index (κ3) is 4.39. The van der Waals surface area contributed by atoms with Crippen LogP contribution in [-0.2, 0) is 6.54 Å². The summed E-state index contributed by atoms with van der Waals surface area (Å²) in [7, 11) is 0. The van der Waals surface area contributed by atoms with Crippen LogP contribution in [0.4, 0.5) is 0 Å². The Morgan fingerprint density at radius 3 is 2.90 bits per heavy atom. The van der Waals surface area contributed by atoms with E-state index in [-0.39, 0.29) is 30.7 Å². The molecule has 1 N–H and O–H groups in total. The van der Waals surface area contributed by atoms with Gasteiger partial charge in [-0.1, -0.05) is 5.21 Å². The van der Waals surface area contributed by atoms with Gasteiger partial charge in [-0.25, -0.2) is 0 Å². The first-order valence-electron chi connectivity index (χ1n) is 10.4. The number of likely N-dealkylation sites (tertiary alicyclic amines) is 1. The van der Waals surface area contributed by atoms with E-state index in [2.05, 4.69) is 15.6 Å². The molecule has 2 aliphatic heterocycles. The van der Waals surface area contributed by atoms with Gasteiger partial charge < -0.3 is 19.7 Å². The molecule has 9 heteroatoms. The minimum absolute atomic E-state index is 0.00795. The molecular formula is C21H27N5O4. The number of nitrogens with zero attached hydrogens (tertiary/aromatic N) is 4. The van der Waals surface area contributed by atoms with Crippen molar-refractivity contribution in [3.8, 4) is 11.5 Å². The maximum absolute atomic E-state index is 13.2. The first kappa shape index (κ1) is 20.2. The van der Waals surface area contributed by atoms with E-state index >= 15 is 0 Å². The number of ether oxygens (including phenoxy) is 2. The molecule has 1 fully saturated rings. The molecule has 0 spiro atoms. The highest BCUT2D eigenvalue weighted by atomic mass is 16.7. The van der Waals surface area contributed by atoms with Crippen molar-refractivity contribution in [1.29, 1.82) is 0 Å². The van der Waals surface area contributed by atoms with E-state index in [0.717, 1.165) is 32.2 Å². The van der Waals surface area contributed by atoms with Gasteiger partial charge in [-0.2, -0.15) is 0 Å². The standard InChI is InChI=1S/C21H27N5O4/c1-14(2)22-20(27)17-12-25(24-23-17)10-8-16-5-3-4-9-26(16)21(28)15-6-7-18-19(11-15)30-13-29-18/h6-7,11-12,14,16H,3-5,8-10,13H2,1-2H3,(H,22,27). The van der Waals surface area contributed by atoms with Crippen molar-refractivity contribution in [2.45, 2.75) is 58.2 Å². The third-order valence-corrected chi connectivity index (χ3v) is 5.39. The van der Waals surface area contributed by atoms with E-state index in [4.69, 9.17) is 9.47 Å². The maximum atomic E-state index is 13.2. The Bertz CT molecular complexity index is 926. The van der Waals surface area contributed by atoms with Crippen LogP contribution in [0.1, 0.15) is 60.4 Å². The molecule has 0 aliphatic carbocycles. The van der Waals surface area contributed by atoms with Crippen molar-refractivity contribution in [2.24, 2.45) is 0 Å². The van der Waals surface area contributed by atoms with Gasteiger partial charge in [0.05, 0.1) is 6.20 Å². The van der Waals surface area contributed by atoms with Gasteiger partial charge >= 0.3 is 0 Å². The van der Waals surface area contributed by atoms with Crippen LogP contribution in [-0.4, -0.2) is 57.1 Å². The Hall–Kier alpha value is -3.10. The fourth-order valence-electron chi connectivity index (χ4n) is 3.89. The van der Waals surface area contributed by atoms with Crippen molar-refractivity contribution in [3.63, 3.8) is 0 Å². The molecule has 0 saturated carbocycles. The summed E-state index contributed by atoms with van der Waals surface area (Å²) in [5.74, 6) is 1.07. The average molecular weight is 413 g/mol. The summed E-state index contributed by atoms with van der Waals surface area (Å²) in [4.78, 5) is 27.2. The highest BCUT2D eigenvalue weighted by Gasteiger charge is 2.28. The largest absolute Gasteiger partial charge is 0.454 e. The number of fused-ring (bicyclic) bond motifs is 1. The van der Waals surface area contributed by atoms with Crippen molar-refractivity contribution in [2.75, 3.05) is 13.3 Å². The van der Waals surface area contributed by atoms with Gasteiger partial charge in [0.25, 0.3) is 11.8 Å². The Labute approximate surface area is 175 Å². The first-order valence-corrected chi connectivity index (χ1v) is 10.4. The molecule has 1 atom stereocenters.